The summed E-state index contributed by atoms with van der Waals surface area (Å²) >= 11 is 0. The fourth-order valence-corrected chi connectivity index (χ4v) is 6.04. The van der Waals surface area contributed by atoms with E-state index < -0.39 is 58.1 Å². The third-order valence-corrected chi connectivity index (χ3v) is 8.77. The molecule has 1 atom stereocenters. The van der Waals surface area contributed by atoms with Crippen LogP contribution in [0.3, 0.4) is 0 Å². The number of carbonyl (C=O) groups excluding carboxylic acids is 1. The van der Waals surface area contributed by atoms with Gasteiger partial charge in [-0.25, -0.2) is 12.8 Å². The van der Waals surface area contributed by atoms with E-state index in [1.165, 1.54) is 30.3 Å². The van der Waals surface area contributed by atoms with Crippen LogP contribution in [0.4, 0.5) is 32.0 Å². The molecular weight excluding hydrogens is 588 g/mol. The van der Waals surface area contributed by atoms with Crippen molar-refractivity contribution in [2.24, 2.45) is 5.41 Å². The summed E-state index contributed by atoms with van der Waals surface area (Å²) in [6, 6.07) is 13.3. The molecule has 0 fully saturated rings. The predicted octanol–water partition coefficient (Wildman–Crippen LogP) is 7.30. The van der Waals surface area contributed by atoms with Gasteiger partial charge < -0.3 is 9.47 Å². The number of aryl methyl sites for hydroxylation is 1. The zero-order valence-corrected chi connectivity index (χ0v) is 23.5. The van der Waals surface area contributed by atoms with Gasteiger partial charge in [0.2, 0.25) is 0 Å². The van der Waals surface area contributed by atoms with Gasteiger partial charge in [0, 0.05) is 12.5 Å². The molecule has 0 amide bonds. The number of benzene rings is 3. The van der Waals surface area contributed by atoms with Crippen LogP contribution >= 0.6 is 0 Å². The van der Waals surface area contributed by atoms with E-state index in [1.807, 2.05) is 0 Å². The minimum atomic E-state index is -4.77. The van der Waals surface area contributed by atoms with Crippen molar-refractivity contribution in [2.45, 2.75) is 57.4 Å². The highest BCUT2D eigenvalue weighted by Crippen LogP contribution is 2.43. The highest BCUT2D eigenvalue weighted by atomic mass is 32.2. The van der Waals surface area contributed by atoms with Crippen molar-refractivity contribution in [3.63, 3.8) is 0 Å². The molecule has 1 aliphatic rings. The molecule has 0 aromatic heterocycles. The summed E-state index contributed by atoms with van der Waals surface area (Å²) in [4.78, 5) is 12.4. The number of fused-ring (bicyclic) bond motifs is 1. The maximum Gasteiger partial charge on any atom is 0.400 e. The van der Waals surface area contributed by atoms with Crippen molar-refractivity contribution in [1.29, 1.82) is 0 Å². The number of carbonyl (C=O) groups is 1. The number of hydrogen-bond acceptors (Lipinski definition) is 5. The van der Waals surface area contributed by atoms with Crippen LogP contribution in [0, 0.1) is 18.2 Å². The van der Waals surface area contributed by atoms with Crippen molar-refractivity contribution < 1.29 is 49.0 Å². The molecule has 0 bridgehead atoms. The van der Waals surface area contributed by atoms with E-state index >= 15 is 0 Å². The van der Waals surface area contributed by atoms with Crippen molar-refractivity contribution >= 4 is 21.5 Å². The largest absolute Gasteiger partial charge is 0.486 e. The number of anilines is 1. The number of nitrogens with zero attached hydrogens (tertiary/aromatic N) is 1. The van der Waals surface area contributed by atoms with Gasteiger partial charge in [-0.3, -0.25) is 9.10 Å². The molecule has 3 aromatic rings. The second kappa shape index (κ2) is 11.5. The van der Waals surface area contributed by atoms with Crippen LogP contribution < -0.4 is 13.8 Å². The topological polar surface area (TPSA) is 72.9 Å². The normalized spacial score (nSPS) is 15.8. The first kappa shape index (κ1) is 31.2. The van der Waals surface area contributed by atoms with Crippen LogP contribution in [-0.4, -0.2) is 39.6 Å². The molecule has 0 spiro atoms. The van der Waals surface area contributed by atoms with Crippen molar-refractivity contribution in [1.82, 2.24) is 0 Å². The number of ether oxygens (including phenoxy) is 2. The molecule has 3 aromatic carbocycles. The molecule has 0 N–H and O–H groups in total. The van der Waals surface area contributed by atoms with E-state index in [2.05, 4.69) is 4.74 Å². The molecule has 1 heterocycles. The molecule has 1 aliphatic heterocycles. The highest BCUT2D eigenvalue weighted by Gasteiger charge is 2.52. The zero-order chi connectivity index (χ0) is 31.0. The lowest BCUT2D eigenvalue weighted by atomic mass is 9.84. The Balaban J connectivity index is 1.73. The molecule has 226 valence electrons. The summed E-state index contributed by atoms with van der Waals surface area (Å²) in [5.41, 5.74) is -1.54. The molecule has 0 saturated carbocycles. The molecule has 0 unspecified atom stereocenters. The van der Waals surface area contributed by atoms with Crippen LogP contribution in [-0.2, 0) is 14.8 Å². The van der Waals surface area contributed by atoms with Crippen LogP contribution in [0.5, 0.6) is 11.5 Å². The lowest BCUT2D eigenvalue weighted by Crippen LogP contribution is -2.45. The van der Waals surface area contributed by atoms with Gasteiger partial charge in [-0.2, -0.15) is 22.0 Å². The molecule has 0 saturated heterocycles. The fraction of sp³-hybridized carbons (Fsp3) is 0.345. The van der Waals surface area contributed by atoms with E-state index in [-0.39, 0.29) is 40.4 Å². The lowest BCUT2D eigenvalue weighted by Gasteiger charge is -2.36. The Labute approximate surface area is 238 Å². The number of Topliss-reactive ketones (excluding diaryl/α,β-unsaturated/α-hetero) is 1. The molecule has 13 heteroatoms. The van der Waals surface area contributed by atoms with Crippen molar-refractivity contribution in [3.8, 4) is 22.6 Å². The maximum absolute atomic E-state index is 14.2. The maximum atomic E-state index is 14.2. The molecular formula is C29H27F6NO5S. The lowest BCUT2D eigenvalue weighted by molar-refractivity contribution is -0.210. The first-order valence-corrected chi connectivity index (χ1v) is 14.2. The second-order valence-corrected chi connectivity index (χ2v) is 12.3. The van der Waals surface area contributed by atoms with Gasteiger partial charge in [0.05, 0.1) is 17.1 Å². The van der Waals surface area contributed by atoms with E-state index in [1.54, 1.807) is 19.1 Å². The van der Waals surface area contributed by atoms with Gasteiger partial charge in [-0.15, -0.1) is 0 Å². The Morgan fingerprint density at radius 2 is 1.76 bits per heavy atom. The third kappa shape index (κ3) is 6.50. The van der Waals surface area contributed by atoms with Crippen LogP contribution in [0.2, 0.25) is 0 Å². The number of rotatable bonds is 9. The first-order valence-electron chi connectivity index (χ1n) is 12.7. The fourth-order valence-electron chi connectivity index (χ4n) is 4.44. The van der Waals surface area contributed by atoms with E-state index in [4.69, 9.17) is 4.74 Å². The molecule has 6 nitrogen and oxygen atoms in total. The average molecular weight is 616 g/mol. The van der Waals surface area contributed by atoms with Gasteiger partial charge in [0.25, 0.3) is 10.0 Å². The Bertz CT molecular complexity index is 1590. The molecule has 0 aliphatic carbocycles. The number of hydrogen-bond donors (Lipinski definition) is 0. The van der Waals surface area contributed by atoms with E-state index in [0.717, 1.165) is 36.4 Å². The first-order chi connectivity index (χ1) is 19.5. The van der Waals surface area contributed by atoms with Gasteiger partial charge in [-0.1, -0.05) is 18.2 Å². The van der Waals surface area contributed by atoms with Crippen LogP contribution in [0.15, 0.2) is 65.6 Å². The molecule has 4 rings (SSSR count). The standard InChI is InChI=1S/C29H27F6NO5S/c1-17-5-4-6-23(11-17)42(38,39)36-16-21(8-10-26(37)28(2,3)29(33,34)35)40-25-9-7-18(14-24(25)36)19-12-20(30)15-22(13-19)41-27(31)32/h4-7,9,11-15,21,27H,8,10,16H2,1-3H3/t21-/m0/s1. The summed E-state index contributed by atoms with van der Waals surface area (Å²) in [6.07, 6.45) is -6.45. The zero-order valence-electron chi connectivity index (χ0n) is 22.7. The number of sulfonamides is 1. The summed E-state index contributed by atoms with van der Waals surface area (Å²) in [5, 5.41) is 0. The molecule has 42 heavy (non-hydrogen) atoms. The van der Waals surface area contributed by atoms with E-state index in [9.17, 15) is 39.6 Å². The van der Waals surface area contributed by atoms with Crippen molar-refractivity contribution in [3.05, 3.63) is 72.0 Å². The molecule has 0 radical (unpaired) electrons. The minimum Gasteiger partial charge on any atom is -0.486 e. The quantitative estimate of drug-likeness (QED) is 0.236. The van der Waals surface area contributed by atoms with Crippen molar-refractivity contribution in [2.75, 3.05) is 10.8 Å². The van der Waals surface area contributed by atoms with Crippen LogP contribution in [0.1, 0.15) is 32.3 Å². The van der Waals surface area contributed by atoms with Gasteiger partial charge in [-0.05, 0) is 80.3 Å². The summed E-state index contributed by atoms with van der Waals surface area (Å²) in [7, 11) is -4.26. The van der Waals surface area contributed by atoms with Crippen LogP contribution in [0.25, 0.3) is 11.1 Å². The van der Waals surface area contributed by atoms with Gasteiger partial charge in [0.15, 0.2) is 0 Å². The number of alkyl halides is 5. The Morgan fingerprint density at radius 3 is 2.40 bits per heavy atom. The minimum absolute atomic E-state index is 0.0350. The van der Waals surface area contributed by atoms with Gasteiger partial charge in [0.1, 0.15) is 34.6 Å². The third-order valence-electron chi connectivity index (χ3n) is 7.00. The summed E-state index contributed by atoms with van der Waals surface area (Å²) in [6.45, 7) is -0.268. The number of halogens is 6. The highest BCUT2D eigenvalue weighted by molar-refractivity contribution is 7.92. The van der Waals surface area contributed by atoms with E-state index in [0.29, 0.717) is 5.56 Å². The predicted molar refractivity (Wildman–Crippen MR) is 143 cm³/mol. The van der Waals surface area contributed by atoms with Gasteiger partial charge >= 0.3 is 12.8 Å². The summed E-state index contributed by atoms with van der Waals surface area (Å²) in [5.74, 6) is -2.33. The Hall–Kier alpha value is -3.74. The monoisotopic (exact) mass is 615 g/mol. The number of ketones is 1. The smallest absolute Gasteiger partial charge is 0.400 e. The Kier molecular flexibility index (Phi) is 8.55. The SMILES string of the molecule is Cc1cccc(S(=O)(=O)N2C[C@H](CCC(=O)C(C)(C)C(F)(F)F)Oc3ccc(-c4cc(F)cc(OC(F)F)c4)cc32)c1. The second-order valence-electron chi connectivity index (χ2n) is 10.4. The summed E-state index contributed by atoms with van der Waals surface area (Å²) < 4.78 is 119. The Morgan fingerprint density at radius 1 is 1.05 bits per heavy atom. The average Bonchev–Trinajstić information content (AvgIpc) is 2.89.